The summed E-state index contributed by atoms with van der Waals surface area (Å²) in [6, 6.07) is 10.7. The molecule has 6 nitrogen and oxygen atoms in total. The number of carbonyl (C=O) groups excluding carboxylic acids is 2. The van der Waals surface area contributed by atoms with Crippen molar-refractivity contribution in [1.29, 1.82) is 0 Å². The number of hydrogen-bond acceptors (Lipinski definition) is 6. The van der Waals surface area contributed by atoms with Crippen LogP contribution < -0.4 is 5.32 Å². The van der Waals surface area contributed by atoms with Crippen LogP contribution in [-0.4, -0.2) is 27.2 Å². The molecule has 8 heteroatoms. The van der Waals surface area contributed by atoms with Crippen LogP contribution in [-0.2, 0) is 4.79 Å². The smallest absolute Gasteiger partial charge is 0.345 e. The maximum Gasteiger partial charge on any atom is 0.345 e. The van der Waals surface area contributed by atoms with Gasteiger partial charge in [0.05, 0.1) is 10.4 Å². The molecule has 4 rings (SSSR count). The number of carboxylic acid groups (broad SMARTS) is 1. The van der Waals surface area contributed by atoms with Crippen molar-refractivity contribution in [2.24, 2.45) is 0 Å². The lowest BCUT2D eigenvalue weighted by Crippen LogP contribution is -2.17. The highest BCUT2D eigenvalue weighted by atomic mass is 32.2. The Bertz CT molecular complexity index is 1120. The third kappa shape index (κ3) is 3.00. The molecule has 0 atom stereocenters. The minimum Gasteiger partial charge on any atom is -0.477 e. The number of carbonyl (C=O) groups is 3. The summed E-state index contributed by atoms with van der Waals surface area (Å²) in [5, 5.41) is 11.8. The molecule has 0 aliphatic carbocycles. The van der Waals surface area contributed by atoms with Crippen molar-refractivity contribution in [2.45, 2.75) is 0 Å². The standard InChI is InChI=1S/C18H10N2O4S2/c21-16-15(26-18(24)20-16)8-9-1-2-12-11(7-9)10(5-6-19-12)13-3-4-14(25-13)17(22)23/h1-8H,(H,22,23)(H,20,21,24)/b15-8+. The molecule has 0 spiro atoms. The quantitative estimate of drug-likeness (QED) is 0.665. The number of hydrogen-bond donors (Lipinski definition) is 2. The molecule has 26 heavy (non-hydrogen) atoms. The van der Waals surface area contributed by atoms with Crippen LogP contribution in [0.25, 0.3) is 27.4 Å². The van der Waals surface area contributed by atoms with E-state index in [-0.39, 0.29) is 10.1 Å². The van der Waals surface area contributed by atoms with Crippen LogP contribution in [0.4, 0.5) is 4.79 Å². The molecule has 2 N–H and O–H groups in total. The van der Waals surface area contributed by atoms with Crippen molar-refractivity contribution in [2.75, 3.05) is 0 Å². The molecular weight excluding hydrogens is 372 g/mol. The van der Waals surface area contributed by atoms with E-state index in [9.17, 15) is 14.4 Å². The molecule has 0 unspecified atom stereocenters. The SMILES string of the molecule is O=C1NC(=O)/C(=C\c2ccc3nccc(-c4ccc(C(=O)O)s4)c3c2)S1. The molecule has 0 bridgehead atoms. The highest BCUT2D eigenvalue weighted by Gasteiger charge is 2.25. The van der Waals surface area contributed by atoms with E-state index in [0.717, 1.165) is 38.7 Å². The average Bonchev–Trinajstić information content (AvgIpc) is 3.21. The number of pyridine rings is 1. The van der Waals surface area contributed by atoms with Gasteiger partial charge in [-0.05, 0) is 53.7 Å². The zero-order valence-electron chi connectivity index (χ0n) is 13.1. The summed E-state index contributed by atoms with van der Waals surface area (Å²) in [6.45, 7) is 0. The fraction of sp³-hybridized carbons (Fsp3) is 0. The Balaban J connectivity index is 1.82. The van der Waals surface area contributed by atoms with E-state index in [4.69, 9.17) is 5.11 Å². The van der Waals surface area contributed by atoms with E-state index in [0.29, 0.717) is 4.91 Å². The predicted molar refractivity (Wildman–Crippen MR) is 101 cm³/mol. The summed E-state index contributed by atoms with van der Waals surface area (Å²) in [7, 11) is 0. The summed E-state index contributed by atoms with van der Waals surface area (Å²) >= 11 is 2.06. The summed E-state index contributed by atoms with van der Waals surface area (Å²) in [5.74, 6) is -1.37. The first-order chi connectivity index (χ1) is 12.5. The second-order valence-corrected chi connectivity index (χ2v) is 7.55. The van der Waals surface area contributed by atoms with Crippen LogP contribution in [0.1, 0.15) is 15.2 Å². The number of thiophene rings is 1. The zero-order chi connectivity index (χ0) is 18.3. The van der Waals surface area contributed by atoms with Gasteiger partial charge < -0.3 is 5.11 Å². The molecule has 1 saturated heterocycles. The number of benzene rings is 1. The molecular formula is C18H10N2O4S2. The van der Waals surface area contributed by atoms with Crippen LogP contribution in [0, 0.1) is 0 Å². The summed E-state index contributed by atoms with van der Waals surface area (Å²) < 4.78 is 0. The Morgan fingerprint density at radius 2 is 2.00 bits per heavy atom. The topological polar surface area (TPSA) is 96.4 Å². The van der Waals surface area contributed by atoms with Gasteiger partial charge in [-0.25, -0.2) is 4.79 Å². The van der Waals surface area contributed by atoms with Gasteiger partial charge in [-0.2, -0.15) is 0 Å². The molecule has 3 heterocycles. The van der Waals surface area contributed by atoms with Crippen LogP contribution >= 0.6 is 23.1 Å². The summed E-state index contributed by atoms with van der Waals surface area (Å²) in [6.07, 6.45) is 3.33. The highest BCUT2D eigenvalue weighted by molar-refractivity contribution is 8.18. The van der Waals surface area contributed by atoms with E-state index in [1.807, 2.05) is 24.3 Å². The maximum atomic E-state index is 11.7. The number of imide groups is 1. The molecule has 3 aromatic rings. The van der Waals surface area contributed by atoms with E-state index in [2.05, 4.69) is 10.3 Å². The third-order valence-corrected chi connectivity index (χ3v) is 5.70. The summed E-state index contributed by atoms with van der Waals surface area (Å²) in [5.41, 5.74) is 2.39. The van der Waals surface area contributed by atoms with Gasteiger partial charge in [-0.15, -0.1) is 11.3 Å². The number of nitrogens with one attached hydrogen (secondary N) is 1. The Hall–Kier alpha value is -2.97. The Kier molecular flexibility index (Phi) is 4.06. The van der Waals surface area contributed by atoms with Crippen molar-refractivity contribution < 1.29 is 19.5 Å². The van der Waals surface area contributed by atoms with Gasteiger partial charge >= 0.3 is 5.97 Å². The maximum absolute atomic E-state index is 11.7. The molecule has 0 saturated carbocycles. The first kappa shape index (κ1) is 16.5. The average molecular weight is 382 g/mol. The van der Waals surface area contributed by atoms with Crippen LogP contribution in [0.15, 0.2) is 47.5 Å². The first-order valence-electron chi connectivity index (χ1n) is 7.48. The first-order valence-corrected chi connectivity index (χ1v) is 9.12. The highest BCUT2D eigenvalue weighted by Crippen LogP contribution is 2.34. The molecule has 1 aromatic carbocycles. The minimum atomic E-state index is -0.959. The van der Waals surface area contributed by atoms with Gasteiger partial charge in [-0.3, -0.25) is 19.9 Å². The third-order valence-electron chi connectivity index (χ3n) is 3.79. The van der Waals surface area contributed by atoms with E-state index in [1.54, 1.807) is 24.4 Å². The second kappa shape index (κ2) is 6.40. The second-order valence-electron chi connectivity index (χ2n) is 5.46. The Morgan fingerprint density at radius 3 is 2.69 bits per heavy atom. The number of nitrogens with zero attached hydrogens (tertiary/aromatic N) is 1. The number of fused-ring (bicyclic) bond motifs is 1. The molecule has 2 aromatic heterocycles. The zero-order valence-corrected chi connectivity index (χ0v) is 14.7. The van der Waals surface area contributed by atoms with E-state index >= 15 is 0 Å². The largest absolute Gasteiger partial charge is 0.477 e. The lowest BCUT2D eigenvalue weighted by molar-refractivity contribution is -0.115. The number of rotatable bonds is 3. The molecule has 1 fully saturated rings. The van der Waals surface area contributed by atoms with Gasteiger partial charge in [0.25, 0.3) is 11.1 Å². The van der Waals surface area contributed by atoms with Crippen LogP contribution in [0.2, 0.25) is 0 Å². The van der Waals surface area contributed by atoms with Crippen LogP contribution in [0.3, 0.4) is 0 Å². The molecule has 0 radical (unpaired) electrons. The van der Waals surface area contributed by atoms with Gasteiger partial charge in [0.15, 0.2) is 0 Å². The number of aromatic nitrogens is 1. The number of thioether (sulfide) groups is 1. The Morgan fingerprint density at radius 1 is 1.15 bits per heavy atom. The molecule has 1 aliphatic heterocycles. The van der Waals surface area contributed by atoms with E-state index in [1.165, 1.54) is 11.3 Å². The van der Waals surface area contributed by atoms with Crippen molar-refractivity contribution in [3.63, 3.8) is 0 Å². The van der Waals surface area contributed by atoms with Gasteiger partial charge in [-0.1, -0.05) is 6.07 Å². The molecule has 2 amide bonds. The van der Waals surface area contributed by atoms with Crippen molar-refractivity contribution in [3.8, 4) is 10.4 Å². The number of aromatic carboxylic acids is 1. The van der Waals surface area contributed by atoms with Gasteiger partial charge in [0.2, 0.25) is 0 Å². The Labute approximate surface area is 155 Å². The molecule has 128 valence electrons. The lowest BCUT2D eigenvalue weighted by Gasteiger charge is -2.05. The van der Waals surface area contributed by atoms with Gasteiger partial charge in [0.1, 0.15) is 4.88 Å². The molecule has 1 aliphatic rings. The fourth-order valence-corrected chi connectivity index (χ4v) is 4.21. The monoisotopic (exact) mass is 382 g/mol. The fourth-order valence-electron chi connectivity index (χ4n) is 2.64. The van der Waals surface area contributed by atoms with Gasteiger partial charge in [0, 0.05) is 22.0 Å². The number of amides is 2. The minimum absolute atomic E-state index is 0.265. The predicted octanol–water partition coefficient (Wildman–Crippen LogP) is 3.99. The van der Waals surface area contributed by atoms with Crippen molar-refractivity contribution in [1.82, 2.24) is 10.3 Å². The van der Waals surface area contributed by atoms with Crippen LogP contribution in [0.5, 0.6) is 0 Å². The van der Waals surface area contributed by atoms with Crippen molar-refractivity contribution >= 4 is 57.2 Å². The van der Waals surface area contributed by atoms with Crippen molar-refractivity contribution in [3.05, 3.63) is 57.9 Å². The number of carboxylic acids is 1. The normalized spacial score (nSPS) is 15.6. The lowest BCUT2D eigenvalue weighted by atomic mass is 10.0. The van der Waals surface area contributed by atoms with E-state index < -0.39 is 11.9 Å². The summed E-state index contributed by atoms with van der Waals surface area (Å²) in [4.78, 5) is 39.9.